The van der Waals surface area contributed by atoms with Crippen molar-refractivity contribution in [1.82, 2.24) is 20.0 Å². The van der Waals surface area contributed by atoms with Crippen LogP contribution < -0.4 is 5.32 Å². The fraction of sp³-hybridized carbons (Fsp3) is 0.733. The van der Waals surface area contributed by atoms with E-state index in [0.29, 0.717) is 25.6 Å². The molecule has 0 radical (unpaired) electrons. The van der Waals surface area contributed by atoms with Crippen molar-refractivity contribution in [3.63, 3.8) is 0 Å². The van der Waals surface area contributed by atoms with Gasteiger partial charge in [-0.2, -0.15) is 5.10 Å². The van der Waals surface area contributed by atoms with Crippen molar-refractivity contribution < 1.29 is 9.53 Å². The number of carbonyl (C=O) groups excluding carboxylic acids is 1. The average Bonchev–Trinajstić information content (AvgIpc) is 2.75. The summed E-state index contributed by atoms with van der Waals surface area (Å²) in [6.45, 7) is 9.29. The van der Waals surface area contributed by atoms with Crippen LogP contribution in [-0.4, -0.2) is 52.4 Å². The Morgan fingerprint density at radius 3 is 2.95 bits per heavy atom. The lowest BCUT2D eigenvalue weighted by Crippen LogP contribution is -2.47. The molecule has 1 aromatic rings. The highest BCUT2D eigenvalue weighted by Crippen LogP contribution is 2.11. The van der Waals surface area contributed by atoms with E-state index < -0.39 is 0 Å². The summed E-state index contributed by atoms with van der Waals surface area (Å²) in [4.78, 5) is 14.4. The molecule has 0 bridgehead atoms. The van der Waals surface area contributed by atoms with E-state index in [0.717, 1.165) is 24.5 Å². The molecule has 21 heavy (non-hydrogen) atoms. The number of hydrogen-bond acceptors (Lipinski definition) is 4. The number of aromatic nitrogens is 2. The molecule has 2 rings (SSSR count). The number of hydrogen-bond donors (Lipinski definition) is 1. The normalized spacial score (nSPS) is 20.0. The van der Waals surface area contributed by atoms with Crippen LogP contribution in [0.15, 0.2) is 6.07 Å². The molecule has 1 aliphatic heterocycles. The number of amides is 1. The van der Waals surface area contributed by atoms with Gasteiger partial charge in [0.25, 0.3) is 0 Å². The molecule has 2 heterocycles. The molecule has 0 unspecified atom stereocenters. The standard InChI is InChI=1S/C15H26N4O2/c1-11(2)19-5-6-21-14(10-19)8-15(20)16-9-13-7-12(3)17-18(13)4/h7,11,14H,5-6,8-10H2,1-4H3,(H,16,20)/t14-/m0/s1. The largest absolute Gasteiger partial charge is 0.375 e. The van der Waals surface area contributed by atoms with Crippen LogP contribution in [0.3, 0.4) is 0 Å². The SMILES string of the molecule is Cc1cc(CNC(=O)C[C@H]2CN(C(C)C)CCO2)n(C)n1. The average molecular weight is 294 g/mol. The van der Waals surface area contributed by atoms with E-state index in [4.69, 9.17) is 4.74 Å². The van der Waals surface area contributed by atoms with Gasteiger partial charge in [0.15, 0.2) is 0 Å². The molecule has 1 aliphatic rings. The third-order valence-electron chi connectivity index (χ3n) is 3.88. The van der Waals surface area contributed by atoms with Gasteiger partial charge in [-0.1, -0.05) is 0 Å². The minimum absolute atomic E-state index is 0.00516. The molecular weight excluding hydrogens is 268 g/mol. The fourth-order valence-corrected chi connectivity index (χ4v) is 2.63. The molecule has 6 nitrogen and oxygen atoms in total. The van der Waals surface area contributed by atoms with Gasteiger partial charge in [-0.05, 0) is 26.8 Å². The molecule has 1 amide bonds. The predicted octanol–water partition coefficient (Wildman–Crippen LogP) is 0.844. The zero-order valence-electron chi connectivity index (χ0n) is 13.4. The van der Waals surface area contributed by atoms with Crippen molar-refractivity contribution in [2.24, 2.45) is 7.05 Å². The molecule has 118 valence electrons. The minimum Gasteiger partial charge on any atom is -0.375 e. The Morgan fingerprint density at radius 2 is 2.33 bits per heavy atom. The number of nitrogens with one attached hydrogen (secondary N) is 1. The zero-order valence-corrected chi connectivity index (χ0v) is 13.4. The Morgan fingerprint density at radius 1 is 1.57 bits per heavy atom. The van der Waals surface area contributed by atoms with Gasteiger partial charge in [0.2, 0.25) is 5.91 Å². The Bertz CT molecular complexity index is 484. The topological polar surface area (TPSA) is 59.4 Å². The highest BCUT2D eigenvalue weighted by atomic mass is 16.5. The van der Waals surface area contributed by atoms with E-state index >= 15 is 0 Å². The first-order valence-electron chi connectivity index (χ1n) is 7.57. The van der Waals surface area contributed by atoms with Gasteiger partial charge < -0.3 is 10.1 Å². The lowest BCUT2D eigenvalue weighted by molar-refractivity contribution is -0.126. The first-order chi connectivity index (χ1) is 9.95. The summed E-state index contributed by atoms with van der Waals surface area (Å²) < 4.78 is 7.49. The molecule has 1 N–H and O–H groups in total. The van der Waals surface area contributed by atoms with Gasteiger partial charge in [0.05, 0.1) is 37.1 Å². The summed E-state index contributed by atoms with van der Waals surface area (Å²) in [5, 5.41) is 7.21. The van der Waals surface area contributed by atoms with E-state index in [1.807, 2.05) is 20.0 Å². The van der Waals surface area contributed by atoms with E-state index in [1.54, 1.807) is 4.68 Å². The quantitative estimate of drug-likeness (QED) is 0.874. The number of ether oxygens (including phenoxy) is 1. The van der Waals surface area contributed by atoms with Crippen molar-refractivity contribution >= 4 is 5.91 Å². The van der Waals surface area contributed by atoms with Crippen LogP contribution in [0, 0.1) is 6.92 Å². The van der Waals surface area contributed by atoms with Crippen LogP contribution in [0.25, 0.3) is 0 Å². The number of nitrogens with zero attached hydrogens (tertiary/aromatic N) is 3. The highest BCUT2D eigenvalue weighted by Gasteiger charge is 2.24. The monoisotopic (exact) mass is 294 g/mol. The van der Waals surface area contributed by atoms with E-state index in [1.165, 1.54) is 0 Å². The first-order valence-corrected chi connectivity index (χ1v) is 7.57. The Balaban J connectivity index is 1.78. The minimum atomic E-state index is -0.00516. The van der Waals surface area contributed by atoms with Gasteiger partial charge in [-0.15, -0.1) is 0 Å². The van der Waals surface area contributed by atoms with Gasteiger partial charge >= 0.3 is 0 Å². The fourth-order valence-electron chi connectivity index (χ4n) is 2.63. The number of carbonyl (C=O) groups is 1. The summed E-state index contributed by atoms with van der Waals surface area (Å²) in [5.74, 6) is 0.0319. The lowest BCUT2D eigenvalue weighted by atomic mass is 10.1. The Labute approximate surface area is 126 Å². The van der Waals surface area contributed by atoms with Crippen molar-refractivity contribution in [1.29, 1.82) is 0 Å². The third kappa shape index (κ3) is 4.54. The smallest absolute Gasteiger partial charge is 0.222 e. The second-order valence-electron chi connectivity index (χ2n) is 5.96. The lowest BCUT2D eigenvalue weighted by Gasteiger charge is -2.35. The van der Waals surface area contributed by atoms with Crippen LogP contribution in [0.2, 0.25) is 0 Å². The molecule has 1 aromatic heterocycles. The summed E-state index contributed by atoms with van der Waals surface area (Å²) in [6, 6.07) is 2.48. The number of morpholine rings is 1. The summed E-state index contributed by atoms with van der Waals surface area (Å²) in [5.41, 5.74) is 1.97. The molecule has 0 aromatic carbocycles. The maximum absolute atomic E-state index is 12.0. The molecular formula is C15H26N4O2. The van der Waals surface area contributed by atoms with Crippen molar-refractivity contribution in [3.05, 3.63) is 17.5 Å². The zero-order chi connectivity index (χ0) is 15.4. The van der Waals surface area contributed by atoms with Gasteiger partial charge in [0, 0.05) is 26.2 Å². The van der Waals surface area contributed by atoms with Gasteiger partial charge in [-0.25, -0.2) is 0 Å². The second kappa shape index (κ2) is 7.04. The molecule has 1 fully saturated rings. The van der Waals surface area contributed by atoms with Crippen LogP contribution in [0.1, 0.15) is 31.7 Å². The highest BCUT2D eigenvalue weighted by molar-refractivity contribution is 5.76. The summed E-state index contributed by atoms with van der Waals surface area (Å²) in [6.07, 6.45) is 0.412. The molecule has 1 saturated heterocycles. The summed E-state index contributed by atoms with van der Waals surface area (Å²) in [7, 11) is 1.89. The van der Waals surface area contributed by atoms with Crippen LogP contribution in [0.4, 0.5) is 0 Å². The Hall–Kier alpha value is -1.40. The molecule has 6 heteroatoms. The van der Waals surface area contributed by atoms with Crippen LogP contribution in [0.5, 0.6) is 0 Å². The van der Waals surface area contributed by atoms with Crippen molar-refractivity contribution in [3.8, 4) is 0 Å². The summed E-state index contributed by atoms with van der Waals surface area (Å²) >= 11 is 0. The van der Waals surface area contributed by atoms with E-state index in [9.17, 15) is 4.79 Å². The first kappa shape index (κ1) is 16.0. The maximum Gasteiger partial charge on any atom is 0.222 e. The van der Waals surface area contributed by atoms with E-state index in [-0.39, 0.29) is 12.0 Å². The molecule has 1 atom stereocenters. The number of rotatable bonds is 5. The molecule has 0 aliphatic carbocycles. The third-order valence-corrected chi connectivity index (χ3v) is 3.88. The maximum atomic E-state index is 12.0. The Kier molecular flexibility index (Phi) is 5.36. The molecule has 0 spiro atoms. The number of aryl methyl sites for hydroxylation is 2. The predicted molar refractivity (Wildman–Crippen MR) is 80.9 cm³/mol. The second-order valence-corrected chi connectivity index (χ2v) is 5.96. The van der Waals surface area contributed by atoms with Crippen molar-refractivity contribution in [2.75, 3.05) is 19.7 Å². The van der Waals surface area contributed by atoms with Gasteiger partial charge in [0.1, 0.15) is 0 Å². The van der Waals surface area contributed by atoms with Crippen LogP contribution in [-0.2, 0) is 23.1 Å². The molecule has 0 saturated carbocycles. The van der Waals surface area contributed by atoms with Crippen LogP contribution >= 0.6 is 0 Å². The van der Waals surface area contributed by atoms with Gasteiger partial charge in [-0.3, -0.25) is 14.4 Å². The van der Waals surface area contributed by atoms with Crippen molar-refractivity contribution in [2.45, 2.75) is 45.9 Å². The van der Waals surface area contributed by atoms with E-state index in [2.05, 4.69) is 29.2 Å².